The quantitative estimate of drug-likeness (QED) is 0.777. The molecule has 1 aliphatic rings. The summed E-state index contributed by atoms with van der Waals surface area (Å²) in [7, 11) is 0. The Kier molecular flexibility index (Phi) is 4.45. The Morgan fingerprint density at radius 2 is 1.84 bits per heavy atom. The van der Waals surface area contributed by atoms with Crippen molar-refractivity contribution in [1.29, 1.82) is 0 Å². The highest BCUT2D eigenvalue weighted by Crippen LogP contribution is 2.43. The van der Waals surface area contributed by atoms with Crippen LogP contribution in [0.25, 0.3) is 0 Å². The minimum absolute atomic E-state index is 0.0545. The molecule has 4 heteroatoms. The number of amides is 2. The first-order chi connectivity index (χ1) is 8.58. The van der Waals surface area contributed by atoms with E-state index in [9.17, 15) is 9.59 Å². The highest BCUT2D eigenvalue weighted by molar-refractivity contribution is 6.06. The van der Waals surface area contributed by atoms with Gasteiger partial charge in [0.15, 0.2) is 0 Å². The summed E-state index contributed by atoms with van der Waals surface area (Å²) in [4.78, 5) is 26.5. The standard InChI is InChI=1S/C15H28N2O2/c1-10(2)7-14(5,9-16)17-12(18)8-15(6,11(3)4)13(17)19/h10-11H,7-9,16H2,1-6H3. The molecule has 0 aromatic rings. The molecule has 2 amide bonds. The SMILES string of the molecule is CC(C)CC(C)(CN)N1C(=O)CC(C)(C(C)C)C1=O. The highest BCUT2D eigenvalue weighted by atomic mass is 16.2. The number of likely N-dealkylation sites (tertiary alicyclic amines) is 1. The fraction of sp³-hybridized carbons (Fsp3) is 0.867. The predicted molar refractivity (Wildman–Crippen MR) is 76.3 cm³/mol. The number of nitrogens with zero attached hydrogens (tertiary/aromatic N) is 1. The molecule has 0 spiro atoms. The lowest BCUT2D eigenvalue weighted by atomic mass is 9.77. The van der Waals surface area contributed by atoms with E-state index in [2.05, 4.69) is 13.8 Å². The summed E-state index contributed by atoms with van der Waals surface area (Å²) in [5.41, 5.74) is 4.74. The number of hydrogen-bond acceptors (Lipinski definition) is 3. The van der Waals surface area contributed by atoms with E-state index < -0.39 is 11.0 Å². The first-order valence-corrected chi connectivity index (χ1v) is 7.16. The summed E-state index contributed by atoms with van der Waals surface area (Å²) in [5.74, 6) is 0.408. The number of hydrogen-bond donors (Lipinski definition) is 1. The van der Waals surface area contributed by atoms with E-state index in [1.165, 1.54) is 4.90 Å². The first-order valence-electron chi connectivity index (χ1n) is 7.16. The number of imide groups is 1. The third-order valence-corrected chi connectivity index (χ3v) is 4.56. The fourth-order valence-electron chi connectivity index (χ4n) is 2.98. The van der Waals surface area contributed by atoms with Gasteiger partial charge in [-0.25, -0.2) is 0 Å². The van der Waals surface area contributed by atoms with Crippen LogP contribution in [0.2, 0.25) is 0 Å². The van der Waals surface area contributed by atoms with Crippen LogP contribution in [0.3, 0.4) is 0 Å². The monoisotopic (exact) mass is 268 g/mol. The summed E-state index contributed by atoms with van der Waals surface area (Å²) >= 11 is 0. The lowest BCUT2D eigenvalue weighted by Crippen LogP contribution is -2.56. The van der Waals surface area contributed by atoms with Crippen LogP contribution >= 0.6 is 0 Å². The molecule has 0 bridgehead atoms. The second-order valence-electron chi connectivity index (χ2n) is 7.08. The third kappa shape index (κ3) is 2.69. The zero-order chi connectivity index (χ0) is 15.0. The Balaban J connectivity index is 3.13. The van der Waals surface area contributed by atoms with E-state index >= 15 is 0 Å². The van der Waals surface area contributed by atoms with Gasteiger partial charge in [0.2, 0.25) is 11.8 Å². The summed E-state index contributed by atoms with van der Waals surface area (Å²) in [6.07, 6.45) is 1.05. The highest BCUT2D eigenvalue weighted by Gasteiger charge is 2.54. The zero-order valence-corrected chi connectivity index (χ0v) is 13.1. The summed E-state index contributed by atoms with van der Waals surface area (Å²) in [5, 5.41) is 0. The lowest BCUT2D eigenvalue weighted by Gasteiger charge is -2.39. The van der Waals surface area contributed by atoms with Gasteiger partial charge in [0.25, 0.3) is 0 Å². The van der Waals surface area contributed by atoms with Crippen LogP contribution in [0.5, 0.6) is 0 Å². The largest absolute Gasteiger partial charge is 0.328 e. The maximum absolute atomic E-state index is 12.7. The van der Waals surface area contributed by atoms with Gasteiger partial charge in [-0.1, -0.05) is 27.7 Å². The molecule has 0 radical (unpaired) electrons. The van der Waals surface area contributed by atoms with Gasteiger partial charge in [-0.3, -0.25) is 14.5 Å². The molecule has 2 N–H and O–H groups in total. The first kappa shape index (κ1) is 16.2. The van der Waals surface area contributed by atoms with Crippen molar-refractivity contribution in [3.8, 4) is 0 Å². The number of nitrogens with two attached hydrogens (primary N) is 1. The van der Waals surface area contributed by atoms with Crippen LogP contribution in [0.4, 0.5) is 0 Å². The molecule has 0 aromatic heterocycles. The maximum atomic E-state index is 12.7. The van der Waals surface area contributed by atoms with Gasteiger partial charge >= 0.3 is 0 Å². The summed E-state index contributed by atoms with van der Waals surface area (Å²) < 4.78 is 0. The molecule has 2 unspecified atom stereocenters. The van der Waals surface area contributed by atoms with E-state index in [-0.39, 0.29) is 17.7 Å². The van der Waals surface area contributed by atoms with Crippen LogP contribution in [0.1, 0.15) is 54.4 Å². The molecule has 0 aromatic carbocycles. The molecule has 0 aliphatic carbocycles. The van der Waals surface area contributed by atoms with Crippen molar-refractivity contribution in [3.05, 3.63) is 0 Å². The number of rotatable bonds is 5. The van der Waals surface area contributed by atoms with E-state index in [0.717, 1.165) is 6.42 Å². The molecule has 1 heterocycles. The topological polar surface area (TPSA) is 63.4 Å². The van der Waals surface area contributed by atoms with Crippen molar-refractivity contribution in [2.45, 2.75) is 59.9 Å². The van der Waals surface area contributed by atoms with E-state index in [0.29, 0.717) is 18.9 Å². The second kappa shape index (κ2) is 5.23. The molecule has 2 atom stereocenters. The average molecular weight is 268 g/mol. The average Bonchev–Trinajstić information content (AvgIpc) is 2.50. The molecular formula is C15H28N2O2. The van der Waals surface area contributed by atoms with Crippen LogP contribution < -0.4 is 5.73 Å². The minimum atomic E-state index is -0.579. The Hall–Kier alpha value is -0.900. The summed E-state index contributed by atoms with van der Waals surface area (Å²) in [6.45, 7) is 12.3. The number of carbonyl (C=O) groups excluding carboxylic acids is 2. The van der Waals surface area contributed by atoms with Gasteiger partial charge in [-0.2, -0.15) is 0 Å². The van der Waals surface area contributed by atoms with Crippen molar-refractivity contribution >= 4 is 11.8 Å². The molecule has 110 valence electrons. The summed E-state index contributed by atoms with van der Waals surface area (Å²) in [6, 6.07) is 0. The van der Waals surface area contributed by atoms with Crippen LogP contribution in [-0.4, -0.2) is 28.8 Å². The molecular weight excluding hydrogens is 240 g/mol. The Morgan fingerprint density at radius 3 is 2.16 bits per heavy atom. The number of carbonyl (C=O) groups is 2. The van der Waals surface area contributed by atoms with Crippen molar-refractivity contribution in [3.63, 3.8) is 0 Å². The Bertz CT molecular complexity index is 378. The normalized spacial score (nSPS) is 27.5. The Labute approximate surface area is 116 Å². The van der Waals surface area contributed by atoms with E-state index in [1.807, 2.05) is 27.7 Å². The van der Waals surface area contributed by atoms with Gasteiger partial charge < -0.3 is 5.73 Å². The molecule has 0 saturated carbocycles. The van der Waals surface area contributed by atoms with Gasteiger partial charge in [-0.15, -0.1) is 0 Å². The van der Waals surface area contributed by atoms with Crippen molar-refractivity contribution in [2.24, 2.45) is 23.0 Å². The molecule has 4 nitrogen and oxygen atoms in total. The fourth-order valence-corrected chi connectivity index (χ4v) is 2.98. The van der Waals surface area contributed by atoms with Crippen LogP contribution in [0.15, 0.2) is 0 Å². The van der Waals surface area contributed by atoms with Crippen LogP contribution in [0, 0.1) is 17.3 Å². The van der Waals surface area contributed by atoms with Crippen molar-refractivity contribution < 1.29 is 9.59 Å². The molecule has 1 aliphatic heterocycles. The molecule has 1 saturated heterocycles. The lowest BCUT2D eigenvalue weighted by molar-refractivity contribution is -0.149. The third-order valence-electron chi connectivity index (χ3n) is 4.56. The maximum Gasteiger partial charge on any atom is 0.236 e. The molecule has 19 heavy (non-hydrogen) atoms. The van der Waals surface area contributed by atoms with Gasteiger partial charge in [0.1, 0.15) is 0 Å². The smallest absolute Gasteiger partial charge is 0.236 e. The molecule has 1 fully saturated rings. The van der Waals surface area contributed by atoms with Gasteiger partial charge in [0.05, 0.1) is 11.0 Å². The predicted octanol–water partition coefficient (Wildman–Crippen LogP) is 2.17. The molecule has 1 rings (SSSR count). The minimum Gasteiger partial charge on any atom is -0.328 e. The van der Waals surface area contributed by atoms with Gasteiger partial charge in [0, 0.05) is 13.0 Å². The zero-order valence-electron chi connectivity index (χ0n) is 13.1. The van der Waals surface area contributed by atoms with E-state index in [4.69, 9.17) is 5.73 Å². The second-order valence-corrected chi connectivity index (χ2v) is 7.08. The van der Waals surface area contributed by atoms with Crippen molar-refractivity contribution in [2.75, 3.05) is 6.54 Å². The van der Waals surface area contributed by atoms with Crippen molar-refractivity contribution in [1.82, 2.24) is 4.90 Å². The Morgan fingerprint density at radius 1 is 1.32 bits per heavy atom. The van der Waals surface area contributed by atoms with Gasteiger partial charge in [-0.05, 0) is 32.1 Å². The van der Waals surface area contributed by atoms with Crippen LogP contribution in [-0.2, 0) is 9.59 Å². The van der Waals surface area contributed by atoms with E-state index in [1.54, 1.807) is 0 Å².